The van der Waals surface area contributed by atoms with Crippen LogP contribution in [0.5, 0.6) is 11.5 Å². The Labute approximate surface area is 206 Å². The van der Waals surface area contributed by atoms with Crippen molar-refractivity contribution < 1.29 is 14.3 Å². The maximum Gasteiger partial charge on any atom is 0.269 e. The van der Waals surface area contributed by atoms with Gasteiger partial charge in [-0.2, -0.15) is 5.10 Å². The van der Waals surface area contributed by atoms with Crippen LogP contribution in [0.15, 0.2) is 67.4 Å². The van der Waals surface area contributed by atoms with Gasteiger partial charge in [0.25, 0.3) is 5.91 Å². The molecule has 1 aliphatic heterocycles. The molecule has 178 valence electrons. The lowest BCUT2D eigenvalue weighted by Gasteiger charge is -2.30. The molecule has 9 heteroatoms. The molecule has 3 N–H and O–H groups in total. The van der Waals surface area contributed by atoms with E-state index in [9.17, 15) is 9.59 Å². The minimum absolute atomic E-state index is 0.0507. The van der Waals surface area contributed by atoms with Crippen molar-refractivity contribution in [3.8, 4) is 22.8 Å². The van der Waals surface area contributed by atoms with Gasteiger partial charge in [0, 0.05) is 29.2 Å². The highest BCUT2D eigenvalue weighted by Crippen LogP contribution is 2.34. The molecule has 0 bridgehead atoms. The van der Waals surface area contributed by atoms with E-state index in [1.54, 1.807) is 39.9 Å². The monoisotopic (exact) mass is 489 g/mol. The smallest absolute Gasteiger partial charge is 0.269 e. The molecule has 2 aromatic heterocycles. The second kappa shape index (κ2) is 9.31. The number of fused-ring (bicyclic) bond motifs is 1. The van der Waals surface area contributed by atoms with Crippen LogP contribution in [-0.4, -0.2) is 44.4 Å². The number of carbonyl (C=O) groups excluding carboxylic acids is 2. The number of likely N-dealkylation sites (tertiary alicyclic amines) is 1. The SMILES string of the molecule is C=CC(=O)N1CCC(c2cnn3c(C(N)=O)c(-c4ccc(Oc5ccc(Cl)cc5)cc4)[nH]c23)CC1. The summed E-state index contributed by atoms with van der Waals surface area (Å²) in [5.41, 5.74) is 9.17. The van der Waals surface area contributed by atoms with Crippen molar-refractivity contribution in [2.24, 2.45) is 5.73 Å². The molecule has 3 heterocycles. The van der Waals surface area contributed by atoms with Gasteiger partial charge in [0.05, 0.1) is 11.9 Å². The fourth-order valence-corrected chi connectivity index (χ4v) is 4.67. The number of halogens is 1. The number of hydrogen-bond donors (Lipinski definition) is 2. The summed E-state index contributed by atoms with van der Waals surface area (Å²) in [5.74, 6) is 0.904. The van der Waals surface area contributed by atoms with Crippen LogP contribution in [0.4, 0.5) is 0 Å². The maximum absolute atomic E-state index is 12.4. The molecule has 4 aromatic rings. The van der Waals surface area contributed by atoms with Crippen LogP contribution in [-0.2, 0) is 4.79 Å². The quantitative estimate of drug-likeness (QED) is 0.380. The molecule has 0 aliphatic carbocycles. The van der Waals surface area contributed by atoms with E-state index in [0.29, 0.717) is 35.3 Å². The van der Waals surface area contributed by atoms with E-state index in [4.69, 9.17) is 22.1 Å². The van der Waals surface area contributed by atoms with Gasteiger partial charge in [-0.3, -0.25) is 9.59 Å². The average Bonchev–Trinajstić information content (AvgIpc) is 3.45. The number of primary amides is 1. The molecule has 0 spiro atoms. The Kier molecular flexibility index (Phi) is 6.05. The lowest BCUT2D eigenvalue weighted by atomic mass is 9.91. The number of nitrogens with one attached hydrogen (secondary N) is 1. The Morgan fingerprint density at radius 2 is 1.71 bits per heavy atom. The van der Waals surface area contributed by atoms with Gasteiger partial charge < -0.3 is 20.4 Å². The van der Waals surface area contributed by atoms with Crippen molar-refractivity contribution in [1.29, 1.82) is 0 Å². The van der Waals surface area contributed by atoms with E-state index < -0.39 is 5.91 Å². The van der Waals surface area contributed by atoms with Crippen LogP contribution in [0.1, 0.15) is 34.8 Å². The zero-order valence-corrected chi connectivity index (χ0v) is 19.7. The Morgan fingerprint density at radius 3 is 2.31 bits per heavy atom. The van der Waals surface area contributed by atoms with Crippen LogP contribution >= 0.6 is 11.6 Å². The van der Waals surface area contributed by atoms with Gasteiger partial charge in [-0.05, 0) is 73.4 Å². The fourth-order valence-electron chi connectivity index (χ4n) is 4.54. The largest absolute Gasteiger partial charge is 0.457 e. The third-order valence-electron chi connectivity index (χ3n) is 6.34. The number of hydrogen-bond acceptors (Lipinski definition) is 4. The number of rotatable bonds is 6. The van der Waals surface area contributed by atoms with Crippen molar-refractivity contribution in [1.82, 2.24) is 19.5 Å². The van der Waals surface area contributed by atoms with Crippen molar-refractivity contribution in [2.45, 2.75) is 18.8 Å². The number of aromatic amines is 1. The molecule has 35 heavy (non-hydrogen) atoms. The Balaban J connectivity index is 1.42. The second-order valence-corrected chi connectivity index (χ2v) is 8.89. The molecule has 2 aromatic carbocycles. The number of carbonyl (C=O) groups is 2. The minimum atomic E-state index is -0.575. The van der Waals surface area contributed by atoms with Crippen LogP contribution < -0.4 is 10.5 Å². The third kappa shape index (κ3) is 4.40. The zero-order valence-electron chi connectivity index (χ0n) is 18.9. The molecule has 5 rings (SSSR count). The number of imidazole rings is 1. The van der Waals surface area contributed by atoms with Crippen LogP contribution in [0, 0.1) is 0 Å². The molecule has 1 aliphatic rings. The molecular formula is C26H24ClN5O3. The maximum atomic E-state index is 12.4. The molecular weight excluding hydrogens is 466 g/mol. The molecule has 0 atom stereocenters. The highest BCUT2D eigenvalue weighted by molar-refractivity contribution is 6.30. The highest BCUT2D eigenvalue weighted by Gasteiger charge is 2.28. The van der Waals surface area contributed by atoms with Crippen LogP contribution in [0.2, 0.25) is 5.02 Å². The van der Waals surface area contributed by atoms with Gasteiger partial charge in [0.1, 0.15) is 17.1 Å². The summed E-state index contributed by atoms with van der Waals surface area (Å²) in [6, 6.07) is 14.5. The standard InChI is InChI=1S/C26H24ClN5O3/c1-2-22(33)31-13-11-16(12-14-31)21-15-29-32-24(25(28)34)23(30-26(21)32)17-3-7-19(8-4-17)35-20-9-5-18(27)6-10-20/h2-10,15-16,30H,1,11-14H2,(H2,28,34). The summed E-state index contributed by atoms with van der Waals surface area (Å²) in [5, 5.41) is 5.10. The van der Waals surface area contributed by atoms with Crippen LogP contribution in [0.3, 0.4) is 0 Å². The van der Waals surface area contributed by atoms with E-state index in [1.807, 2.05) is 24.3 Å². The van der Waals surface area contributed by atoms with E-state index >= 15 is 0 Å². The first-order chi connectivity index (χ1) is 16.9. The Bertz CT molecular complexity index is 1400. The molecule has 8 nitrogen and oxygen atoms in total. The average molecular weight is 490 g/mol. The number of aromatic nitrogens is 3. The summed E-state index contributed by atoms with van der Waals surface area (Å²) in [4.78, 5) is 29.5. The van der Waals surface area contributed by atoms with Gasteiger partial charge in [-0.15, -0.1) is 0 Å². The van der Waals surface area contributed by atoms with E-state index in [1.165, 1.54) is 6.08 Å². The van der Waals surface area contributed by atoms with E-state index in [2.05, 4.69) is 16.7 Å². The second-order valence-electron chi connectivity index (χ2n) is 8.46. The van der Waals surface area contributed by atoms with E-state index in [-0.39, 0.29) is 17.5 Å². The van der Waals surface area contributed by atoms with E-state index in [0.717, 1.165) is 29.6 Å². The van der Waals surface area contributed by atoms with Gasteiger partial charge >= 0.3 is 0 Å². The van der Waals surface area contributed by atoms with Gasteiger partial charge in [0.2, 0.25) is 5.91 Å². The summed E-state index contributed by atoms with van der Waals surface area (Å²) < 4.78 is 7.44. The lowest BCUT2D eigenvalue weighted by molar-refractivity contribution is -0.127. The number of amides is 2. The third-order valence-corrected chi connectivity index (χ3v) is 6.59. The van der Waals surface area contributed by atoms with Gasteiger partial charge in [0.15, 0.2) is 5.69 Å². The number of nitrogens with two attached hydrogens (primary N) is 1. The summed E-state index contributed by atoms with van der Waals surface area (Å²) >= 11 is 5.93. The predicted molar refractivity (Wildman–Crippen MR) is 134 cm³/mol. The highest BCUT2D eigenvalue weighted by atomic mass is 35.5. The first kappa shape index (κ1) is 22.7. The molecule has 0 saturated carbocycles. The Hall–Kier alpha value is -4.04. The Morgan fingerprint density at radius 1 is 1.09 bits per heavy atom. The number of nitrogens with zero attached hydrogens (tertiary/aromatic N) is 3. The minimum Gasteiger partial charge on any atom is -0.457 e. The first-order valence-electron chi connectivity index (χ1n) is 11.3. The predicted octanol–water partition coefficient (Wildman–Crippen LogP) is 4.77. The molecule has 1 saturated heterocycles. The summed E-state index contributed by atoms with van der Waals surface area (Å²) in [6.45, 7) is 4.87. The zero-order chi connectivity index (χ0) is 24.5. The topological polar surface area (TPSA) is 106 Å². The number of ether oxygens (including phenoxy) is 1. The summed E-state index contributed by atoms with van der Waals surface area (Å²) in [7, 11) is 0. The first-order valence-corrected chi connectivity index (χ1v) is 11.7. The van der Waals surface area contributed by atoms with Crippen LogP contribution in [0.25, 0.3) is 16.9 Å². The molecule has 0 radical (unpaired) electrons. The van der Waals surface area contributed by atoms with Gasteiger partial charge in [-0.1, -0.05) is 18.2 Å². The fraction of sp³-hybridized carbons (Fsp3) is 0.192. The normalized spacial score (nSPS) is 14.3. The van der Waals surface area contributed by atoms with Crippen molar-refractivity contribution >= 4 is 29.1 Å². The summed E-state index contributed by atoms with van der Waals surface area (Å²) in [6.07, 6.45) is 4.73. The van der Waals surface area contributed by atoms with Crippen molar-refractivity contribution in [3.05, 3.63) is 83.7 Å². The van der Waals surface area contributed by atoms with Crippen molar-refractivity contribution in [3.63, 3.8) is 0 Å². The number of benzene rings is 2. The molecule has 0 unspecified atom stereocenters. The molecule has 2 amide bonds. The van der Waals surface area contributed by atoms with Gasteiger partial charge in [-0.25, -0.2) is 4.52 Å². The number of H-pyrrole nitrogens is 1. The van der Waals surface area contributed by atoms with Crippen molar-refractivity contribution in [2.75, 3.05) is 13.1 Å². The lowest BCUT2D eigenvalue weighted by Crippen LogP contribution is -2.36. The molecule has 1 fully saturated rings. The number of piperidine rings is 1.